The summed E-state index contributed by atoms with van der Waals surface area (Å²) in [5.41, 5.74) is 0. The van der Waals surface area contributed by atoms with Crippen molar-refractivity contribution in [3.8, 4) is 5.06 Å². The summed E-state index contributed by atoms with van der Waals surface area (Å²) in [6.45, 7) is 3.13. The topological polar surface area (TPSA) is 41.5 Å². The fourth-order valence-electron chi connectivity index (χ4n) is 1.03. The molecule has 0 aliphatic rings. The van der Waals surface area contributed by atoms with E-state index < -0.39 is 0 Å². The first kappa shape index (κ1) is 12.0. The van der Waals surface area contributed by atoms with Crippen molar-refractivity contribution in [1.82, 2.24) is 5.32 Å². The Morgan fingerprint density at radius 2 is 2.43 bits per heavy atom. The Balaban J connectivity index is 2.43. The average molecular weight is 280 g/mol. The highest BCUT2D eigenvalue weighted by molar-refractivity contribution is 9.10. The zero-order valence-corrected chi connectivity index (χ0v) is 10.6. The van der Waals surface area contributed by atoms with Crippen LogP contribution in [0.5, 0.6) is 5.06 Å². The van der Waals surface area contributed by atoms with Gasteiger partial charge < -0.3 is 15.2 Å². The fourth-order valence-corrected chi connectivity index (χ4v) is 2.69. The normalized spacial score (nSPS) is 12.9. The molecular formula is C9H14BrNO2S. The van der Waals surface area contributed by atoms with E-state index in [0.717, 1.165) is 16.1 Å². The standard InChI is InChI=1S/C9H14BrNO2S/c1-6(12)4-11-5-7-3-8(10)9(13-2)14-7/h3,6,11-12H,4-5H2,1-2H3/t6-/m0/s1. The molecule has 0 unspecified atom stereocenters. The van der Waals surface area contributed by atoms with Gasteiger partial charge in [-0.15, -0.1) is 11.3 Å². The van der Waals surface area contributed by atoms with Crippen LogP contribution in [0, 0.1) is 0 Å². The second-order valence-electron chi connectivity index (χ2n) is 3.03. The van der Waals surface area contributed by atoms with Gasteiger partial charge in [0, 0.05) is 18.0 Å². The van der Waals surface area contributed by atoms with Gasteiger partial charge in [0.2, 0.25) is 0 Å². The largest absolute Gasteiger partial charge is 0.486 e. The molecular weight excluding hydrogens is 266 g/mol. The summed E-state index contributed by atoms with van der Waals surface area (Å²) in [6, 6.07) is 2.03. The van der Waals surface area contributed by atoms with Gasteiger partial charge in [0.25, 0.3) is 0 Å². The maximum atomic E-state index is 9.04. The van der Waals surface area contributed by atoms with E-state index in [0.29, 0.717) is 6.54 Å². The fraction of sp³-hybridized carbons (Fsp3) is 0.556. The minimum Gasteiger partial charge on any atom is -0.486 e. The lowest BCUT2D eigenvalue weighted by Gasteiger charge is -2.04. The Hall–Kier alpha value is -0.100. The number of hydrogen-bond donors (Lipinski definition) is 2. The van der Waals surface area contributed by atoms with Crippen LogP contribution in [0.4, 0.5) is 0 Å². The predicted molar refractivity (Wildman–Crippen MR) is 62.0 cm³/mol. The van der Waals surface area contributed by atoms with Gasteiger partial charge in [0.15, 0.2) is 5.06 Å². The quantitative estimate of drug-likeness (QED) is 0.866. The predicted octanol–water partition coefficient (Wildman–Crippen LogP) is 1.99. The van der Waals surface area contributed by atoms with Crippen molar-refractivity contribution in [2.24, 2.45) is 0 Å². The van der Waals surface area contributed by atoms with Gasteiger partial charge in [-0.1, -0.05) is 0 Å². The molecule has 14 heavy (non-hydrogen) atoms. The summed E-state index contributed by atoms with van der Waals surface area (Å²) in [7, 11) is 1.66. The highest BCUT2D eigenvalue weighted by atomic mass is 79.9. The first-order valence-corrected chi connectivity index (χ1v) is 5.95. The molecule has 80 valence electrons. The number of aliphatic hydroxyl groups is 1. The van der Waals surface area contributed by atoms with Crippen molar-refractivity contribution >= 4 is 27.3 Å². The number of hydrogen-bond acceptors (Lipinski definition) is 4. The lowest BCUT2D eigenvalue weighted by molar-refractivity contribution is 0.191. The molecule has 0 radical (unpaired) electrons. The molecule has 1 atom stereocenters. The van der Waals surface area contributed by atoms with Crippen molar-refractivity contribution in [2.45, 2.75) is 19.6 Å². The lowest BCUT2D eigenvalue weighted by Crippen LogP contribution is -2.23. The maximum Gasteiger partial charge on any atom is 0.188 e. The number of thiophene rings is 1. The van der Waals surface area contributed by atoms with Crippen molar-refractivity contribution in [1.29, 1.82) is 0 Å². The first-order valence-electron chi connectivity index (χ1n) is 4.34. The minimum atomic E-state index is -0.305. The van der Waals surface area contributed by atoms with Gasteiger partial charge in [0.05, 0.1) is 17.7 Å². The van der Waals surface area contributed by atoms with Gasteiger partial charge >= 0.3 is 0 Å². The zero-order chi connectivity index (χ0) is 10.6. The highest BCUT2D eigenvalue weighted by Gasteiger charge is 2.06. The van der Waals surface area contributed by atoms with Crippen LogP contribution in [-0.4, -0.2) is 24.9 Å². The van der Waals surface area contributed by atoms with E-state index in [1.54, 1.807) is 25.4 Å². The number of nitrogens with one attached hydrogen (secondary N) is 1. The molecule has 0 aromatic carbocycles. The number of ether oxygens (including phenoxy) is 1. The van der Waals surface area contributed by atoms with E-state index in [2.05, 4.69) is 21.2 Å². The van der Waals surface area contributed by atoms with Gasteiger partial charge in [0.1, 0.15) is 0 Å². The van der Waals surface area contributed by atoms with E-state index >= 15 is 0 Å². The summed E-state index contributed by atoms with van der Waals surface area (Å²) >= 11 is 5.00. The maximum absolute atomic E-state index is 9.04. The molecule has 0 bridgehead atoms. The summed E-state index contributed by atoms with van der Waals surface area (Å²) in [5, 5.41) is 13.1. The minimum absolute atomic E-state index is 0.305. The monoisotopic (exact) mass is 279 g/mol. The summed E-state index contributed by atoms with van der Waals surface area (Å²) in [6.07, 6.45) is -0.305. The van der Waals surface area contributed by atoms with Crippen LogP contribution in [0.25, 0.3) is 0 Å². The van der Waals surface area contributed by atoms with E-state index in [-0.39, 0.29) is 6.10 Å². The number of halogens is 1. The summed E-state index contributed by atoms with van der Waals surface area (Å²) < 4.78 is 6.13. The second-order valence-corrected chi connectivity index (χ2v) is 4.99. The first-order chi connectivity index (χ1) is 6.63. The molecule has 2 N–H and O–H groups in total. The van der Waals surface area contributed by atoms with Crippen LogP contribution in [0.15, 0.2) is 10.5 Å². The Kier molecular flexibility index (Phi) is 4.88. The van der Waals surface area contributed by atoms with Crippen LogP contribution in [-0.2, 0) is 6.54 Å². The molecule has 1 heterocycles. The molecule has 0 spiro atoms. The van der Waals surface area contributed by atoms with E-state index in [4.69, 9.17) is 9.84 Å². The molecule has 0 amide bonds. The van der Waals surface area contributed by atoms with Gasteiger partial charge in [-0.25, -0.2) is 0 Å². The van der Waals surface area contributed by atoms with Gasteiger partial charge in [-0.05, 0) is 28.9 Å². The Morgan fingerprint density at radius 1 is 1.71 bits per heavy atom. The number of aliphatic hydroxyl groups excluding tert-OH is 1. The van der Waals surface area contributed by atoms with Crippen molar-refractivity contribution in [3.63, 3.8) is 0 Å². The number of methoxy groups -OCH3 is 1. The van der Waals surface area contributed by atoms with E-state index in [9.17, 15) is 0 Å². The molecule has 5 heteroatoms. The Labute approximate surface area is 96.2 Å². The smallest absolute Gasteiger partial charge is 0.188 e. The van der Waals surface area contributed by atoms with Crippen LogP contribution < -0.4 is 10.1 Å². The van der Waals surface area contributed by atoms with Gasteiger partial charge in [-0.2, -0.15) is 0 Å². The van der Waals surface area contributed by atoms with Crippen molar-refractivity contribution in [3.05, 3.63) is 15.4 Å². The van der Waals surface area contributed by atoms with Crippen LogP contribution in [0.3, 0.4) is 0 Å². The molecule has 1 aromatic rings. The Morgan fingerprint density at radius 3 is 2.93 bits per heavy atom. The molecule has 0 fully saturated rings. The second kappa shape index (κ2) is 5.70. The SMILES string of the molecule is COc1sc(CNC[C@H](C)O)cc1Br. The van der Waals surface area contributed by atoms with Crippen LogP contribution >= 0.6 is 27.3 Å². The molecule has 0 aliphatic heterocycles. The Bertz CT molecular complexity index is 288. The van der Waals surface area contributed by atoms with Crippen LogP contribution in [0.2, 0.25) is 0 Å². The van der Waals surface area contributed by atoms with E-state index in [1.807, 2.05) is 6.07 Å². The third kappa shape index (κ3) is 3.57. The third-order valence-corrected chi connectivity index (χ3v) is 3.58. The molecule has 1 rings (SSSR count). The van der Waals surface area contributed by atoms with Crippen LogP contribution in [0.1, 0.15) is 11.8 Å². The van der Waals surface area contributed by atoms with E-state index in [1.165, 1.54) is 4.88 Å². The average Bonchev–Trinajstić information content (AvgIpc) is 2.45. The van der Waals surface area contributed by atoms with Gasteiger partial charge in [-0.3, -0.25) is 0 Å². The van der Waals surface area contributed by atoms with Crippen molar-refractivity contribution < 1.29 is 9.84 Å². The molecule has 0 saturated heterocycles. The highest BCUT2D eigenvalue weighted by Crippen LogP contribution is 2.34. The summed E-state index contributed by atoms with van der Waals surface area (Å²) in [5.74, 6) is 0. The third-order valence-electron chi connectivity index (χ3n) is 1.63. The lowest BCUT2D eigenvalue weighted by atomic mass is 10.4. The molecule has 1 aromatic heterocycles. The molecule has 0 aliphatic carbocycles. The molecule has 0 saturated carbocycles. The summed E-state index contributed by atoms with van der Waals surface area (Å²) in [4.78, 5) is 1.19. The number of rotatable bonds is 5. The zero-order valence-electron chi connectivity index (χ0n) is 8.21. The molecule has 3 nitrogen and oxygen atoms in total. The van der Waals surface area contributed by atoms with Crippen molar-refractivity contribution in [2.75, 3.05) is 13.7 Å².